The highest BCUT2D eigenvalue weighted by molar-refractivity contribution is 5.99. The van der Waals surface area contributed by atoms with Crippen molar-refractivity contribution >= 4 is 5.91 Å². The zero-order chi connectivity index (χ0) is 16.6. The lowest BCUT2D eigenvalue weighted by atomic mass is 9.94. The van der Waals surface area contributed by atoms with Crippen LogP contribution in [0.15, 0.2) is 77.4 Å². The van der Waals surface area contributed by atoms with Gasteiger partial charge in [0.1, 0.15) is 5.76 Å². The van der Waals surface area contributed by atoms with Gasteiger partial charge in [-0.15, -0.1) is 0 Å². The van der Waals surface area contributed by atoms with Crippen LogP contribution in [-0.4, -0.2) is 15.9 Å². The van der Waals surface area contributed by atoms with Crippen molar-refractivity contribution in [3.05, 3.63) is 95.4 Å². The SMILES string of the molecule is O=C1c2ccccc2[C@@](O)(Cc2ccccc2)N1Cc1ccco1. The summed E-state index contributed by atoms with van der Waals surface area (Å²) in [6.45, 7) is 0.226. The lowest BCUT2D eigenvalue weighted by Crippen LogP contribution is -2.44. The number of carbonyl (C=O) groups excluding carboxylic acids is 1. The summed E-state index contributed by atoms with van der Waals surface area (Å²) in [6.07, 6.45) is 1.90. The summed E-state index contributed by atoms with van der Waals surface area (Å²) in [6, 6.07) is 20.5. The van der Waals surface area contributed by atoms with E-state index < -0.39 is 5.72 Å². The van der Waals surface area contributed by atoms with E-state index >= 15 is 0 Å². The van der Waals surface area contributed by atoms with Gasteiger partial charge in [-0.3, -0.25) is 9.69 Å². The van der Waals surface area contributed by atoms with Gasteiger partial charge >= 0.3 is 0 Å². The molecule has 1 aliphatic rings. The maximum atomic E-state index is 12.9. The first-order chi connectivity index (χ1) is 11.7. The molecule has 1 aliphatic heterocycles. The van der Waals surface area contributed by atoms with E-state index in [1.54, 1.807) is 24.5 Å². The van der Waals surface area contributed by atoms with E-state index in [9.17, 15) is 9.90 Å². The van der Waals surface area contributed by atoms with Gasteiger partial charge in [0.05, 0.1) is 12.8 Å². The quantitative estimate of drug-likeness (QED) is 0.802. The van der Waals surface area contributed by atoms with Crippen molar-refractivity contribution in [1.29, 1.82) is 0 Å². The number of aliphatic hydroxyl groups is 1. The van der Waals surface area contributed by atoms with Crippen molar-refractivity contribution in [3.63, 3.8) is 0 Å². The number of hydrogen-bond acceptors (Lipinski definition) is 3. The molecule has 4 rings (SSSR count). The molecule has 1 aromatic heterocycles. The van der Waals surface area contributed by atoms with Crippen LogP contribution in [0.1, 0.15) is 27.2 Å². The monoisotopic (exact) mass is 319 g/mol. The van der Waals surface area contributed by atoms with Crippen LogP contribution in [-0.2, 0) is 18.7 Å². The molecule has 0 fully saturated rings. The van der Waals surface area contributed by atoms with Crippen LogP contribution in [0, 0.1) is 0 Å². The summed E-state index contributed by atoms with van der Waals surface area (Å²) in [5, 5.41) is 11.5. The Morgan fingerprint density at radius 1 is 0.958 bits per heavy atom. The number of carbonyl (C=O) groups is 1. The van der Waals surface area contributed by atoms with E-state index in [4.69, 9.17) is 4.42 Å². The molecule has 1 atom stereocenters. The van der Waals surface area contributed by atoms with Crippen LogP contribution in [0.3, 0.4) is 0 Å². The summed E-state index contributed by atoms with van der Waals surface area (Å²) < 4.78 is 5.38. The Balaban J connectivity index is 1.78. The molecule has 0 unspecified atom stereocenters. The first-order valence-corrected chi connectivity index (χ1v) is 7.89. The van der Waals surface area contributed by atoms with Crippen molar-refractivity contribution in [3.8, 4) is 0 Å². The molecule has 24 heavy (non-hydrogen) atoms. The molecule has 4 heteroatoms. The van der Waals surface area contributed by atoms with Crippen molar-refractivity contribution in [2.45, 2.75) is 18.7 Å². The molecule has 1 N–H and O–H groups in total. The maximum Gasteiger partial charge on any atom is 0.257 e. The fourth-order valence-electron chi connectivity index (χ4n) is 3.31. The van der Waals surface area contributed by atoms with E-state index in [0.717, 1.165) is 5.56 Å². The molecule has 0 saturated heterocycles. The van der Waals surface area contributed by atoms with E-state index in [0.29, 0.717) is 23.3 Å². The zero-order valence-corrected chi connectivity index (χ0v) is 13.1. The normalized spacial score (nSPS) is 19.5. The number of benzene rings is 2. The highest BCUT2D eigenvalue weighted by atomic mass is 16.3. The van der Waals surface area contributed by atoms with Gasteiger partial charge in [0, 0.05) is 17.5 Å². The minimum absolute atomic E-state index is 0.180. The Morgan fingerprint density at radius 3 is 2.46 bits per heavy atom. The van der Waals surface area contributed by atoms with Crippen molar-refractivity contribution in [2.75, 3.05) is 0 Å². The zero-order valence-electron chi connectivity index (χ0n) is 13.1. The molecule has 3 aromatic rings. The summed E-state index contributed by atoms with van der Waals surface area (Å²) in [4.78, 5) is 14.3. The van der Waals surface area contributed by atoms with Crippen LogP contribution < -0.4 is 0 Å². The van der Waals surface area contributed by atoms with Gasteiger partial charge in [-0.25, -0.2) is 0 Å². The molecular weight excluding hydrogens is 302 g/mol. The van der Waals surface area contributed by atoms with Gasteiger partial charge < -0.3 is 9.52 Å². The van der Waals surface area contributed by atoms with Gasteiger partial charge in [-0.2, -0.15) is 0 Å². The van der Waals surface area contributed by atoms with Gasteiger partial charge in [-0.1, -0.05) is 48.5 Å². The Hall–Kier alpha value is -2.85. The molecule has 1 amide bonds. The molecule has 0 spiro atoms. The number of furan rings is 1. The van der Waals surface area contributed by atoms with Gasteiger partial charge in [0.15, 0.2) is 5.72 Å². The topological polar surface area (TPSA) is 53.7 Å². The molecule has 0 aliphatic carbocycles. The Kier molecular flexibility index (Phi) is 3.47. The van der Waals surface area contributed by atoms with Crippen molar-refractivity contribution in [2.24, 2.45) is 0 Å². The van der Waals surface area contributed by atoms with Crippen LogP contribution in [0.2, 0.25) is 0 Å². The maximum absolute atomic E-state index is 12.9. The largest absolute Gasteiger partial charge is 0.467 e. The number of rotatable bonds is 4. The van der Waals surface area contributed by atoms with E-state index in [1.165, 1.54) is 4.90 Å². The molecule has 2 aromatic carbocycles. The van der Waals surface area contributed by atoms with Gasteiger partial charge in [-0.05, 0) is 23.8 Å². The average Bonchev–Trinajstić information content (AvgIpc) is 3.19. The molecule has 2 heterocycles. The minimum Gasteiger partial charge on any atom is -0.467 e. The second kappa shape index (κ2) is 5.65. The van der Waals surface area contributed by atoms with Gasteiger partial charge in [0.2, 0.25) is 0 Å². The summed E-state index contributed by atoms with van der Waals surface area (Å²) in [7, 11) is 0. The third kappa shape index (κ3) is 2.32. The molecular formula is C20H17NO3. The predicted octanol–water partition coefficient (Wildman–Crippen LogP) is 3.32. The third-order valence-electron chi connectivity index (χ3n) is 4.47. The Bertz CT molecular complexity index is 858. The second-order valence-electron chi connectivity index (χ2n) is 6.00. The van der Waals surface area contributed by atoms with Crippen molar-refractivity contribution < 1.29 is 14.3 Å². The van der Waals surface area contributed by atoms with Crippen LogP contribution in [0.4, 0.5) is 0 Å². The number of hydrogen-bond donors (Lipinski definition) is 1. The smallest absolute Gasteiger partial charge is 0.257 e. The van der Waals surface area contributed by atoms with E-state index in [2.05, 4.69) is 0 Å². The lowest BCUT2D eigenvalue weighted by molar-refractivity contribution is -0.0899. The highest BCUT2D eigenvalue weighted by Crippen LogP contribution is 2.40. The van der Waals surface area contributed by atoms with Gasteiger partial charge in [0.25, 0.3) is 5.91 Å². The lowest BCUT2D eigenvalue weighted by Gasteiger charge is -2.34. The van der Waals surface area contributed by atoms with E-state index in [-0.39, 0.29) is 12.5 Å². The standard InChI is InChI=1S/C20H17NO3/c22-19-17-10-4-5-11-18(17)20(23,13-15-7-2-1-3-8-15)21(19)14-16-9-6-12-24-16/h1-12,23H,13-14H2/t20-/m0/s1. The summed E-state index contributed by atoms with van der Waals surface area (Å²) in [5.41, 5.74) is 0.767. The molecule has 0 bridgehead atoms. The second-order valence-corrected chi connectivity index (χ2v) is 6.00. The highest BCUT2D eigenvalue weighted by Gasteiger charge is 2.48. The average molecular weight is 319 g/mol. The van der Waals surface area contributed by atoms with E-state index in [1.807, 2.05) is 48.5 Å². The Morgan fingerprint density at radius 2 is 1.71 bits per heavy atom. The van der Waals surface area contributed by atoms with Crippen LogP contribution in [0.25, 0.3) is 0 Å². The number of nitrogens with zero attached hydrogens (tertiary/aromatic N) is 1. The number of amides is 1. The number of fused-ring (bicyclic) bond motifs is 1. The minimum atomic E-state index is -1.39. The van der Waals surface area contributed by atoms with Crippen LogP contribution in [0.5, 0.6) is 0 Å². The Labute approximate surface area is 140 Å². The third-order valence-corrected chi connectivity index (χ3v) is 4.47. The molecule has 120 valence electrons. The first kappa shape index (κ1) is 14.7. The molecule has 4 nitrogen and oxygen atoms in total. The van der Waals surface area contributed by atoms with Crippen LogP contribution >= 0.6 is 0 Å². The predicted molar refractivity (Wildman–Crippen MR) is 89.1 cm³/mol. The van der Waals surface area contributed by atoms with Crippen molar-refractivity contribution in [1.82, 2.24) is 4.90 Å². The molecule has 0 radical (unpaired) electrons. The summed E-state index contributed by atoms with van der Waals surface area (Å²) in [5.74, 6) is 0.461. The fraction of sp³-hybridized carbons (Fsp3) is 0.150. The fourth-order valence-corrected chi connectivity index (χ4v) is 3.31. The first-order valence-electron chi connectivity index (χ1n) is 7.89. The molecule has 0 saturated carbocycles. The summed E-state index contributed by atoms with van der Waals surface area (Å²) >= 11 is 0.